The molecule has 3 aromatic rings. The van der Waals surface area contributed by atoms with Crippen molar-refractivity contribution >= 4 is 27.2 Å². The van der Waals surface area contributed by atoms with Gasteiger partial charge in [0.15, 0.2) is 0 Å². The predicted molar refractivity (Wildman–Crippen MR) is 92.9 cm³/mol. The van der Waals surface area contributed by atoms with Crippen molar-refractivity contribution in [1.29, 1.82) is 0 Å². The SMILES string of the molecule is CC1=CN2c3cc4cc5ccccc5cc4cc3CC2N1C. The van der Waals surface area contributed by atoms with Gasteiger partial charge in [0.25, 0.3) is 0 Å². The van der Waals surface area contributed by atoms with Crippen LogP contribution in [0, 0.1) is 0 Å². The fraction of sp³-hybridized carbons (Fsp3) is 0.200. The molecule has 2 heteroatoms. The van der Waals surface area contributed by atoms with Gasteiger partial charge in [-0.15, -0.1) is 0 Å². The molecule has 1 atom stereocenters. The summed E-state index contributed by atoms with van der Waals surface area (Å²) in [6, 6.07) is 18.0. The van der Waals surface area contributed by atoms with Gasteiger partial charge in [0, 0.05) is 31.1 Å². The summed E-state index contributed by atoms with van der Waals surface area (Å²) in [5, 5.41) is 5.32. The Morgan fingerprint density at radius 3 is 2.32 bits per heavy atom. The van der Waals surface area contributed by atoms with Crippen LogP contribution in [0.15, 0.2) is 60.4 Å². The third-order valence-electron chi connectivity index (χ3n) is 5.23. The van der Waals surface area contributed by atoms with Gasteiger partial charge in [-0.05, 0) is 58.3 Å². The minimum Gasteiger partial charge on any atom is -0.356 e. The van der Waals surface area contributed by atoms with E-state index in [9.17, 15) is 0 Å². The van der Waals surface area contributed by atoms with Crippen LogP contribution >= 0.6 is 0 Å². The lowest BCUT2D eigenvalue weighted by molar-refractivity contribution is 0.344. The Morgan fingerprint density at radius 2 is 1.59 bits per heavy atom. The Balaban J connectivity index is 1.75. The minimum atomic E-state index is 0.459. The molecular formula is C20H18N2. The first kappa shape index (κ1) is 12.1. The molecule has 3 aromatic carbocycles. The van der Waals surface area contributed by atoms with Gasteiger partial charge < -0.3 is 9.80 Å². The number of allylic oxidation sites excluding steroid dienone is 1. The standard InChI is InChI=1S/C20H18N2/c1-13-12-22-19-10-17-8-15-6-4-3-5-14(15)7-16(17)9-18(19)11-20(22)21(13)2/h3-10,12,20H,11H2,1-2H3. The lowest BCUT2D eigenvalue weighted by atomic mass is 10.00. The van der Waals surface area contributed by atoms with E-state index in [2.05, 4.69) is 78.5 Å². The third-order valence-corrected chi connectivity index (χ3v) is 5.23. The number of rotatable bonds is 0. The molecule has 0 saturated carbocycles. The molecule has 0 radical (unpaired) electrons. The van der Waals surface area contributed by atoms with Gasteiger partial charge >= 0.3 is 0 Å². The fourth-order valence-corrected chi connectivity index (χ4v) is 3.89. The fourth-order valence-electron chi connectivity index (χ4n) is 3.89. The summed E-state index contributed by atoms with van der Waals surface area (Å²) < 4.78 is 0. The normalized spacial score (nSPS) is 19.7. The van der Waals surface area contributed by atoms with Crippen molar-refractivity contribution in [3.63, 3.8) is 0 Å². The predicted octanol–water partition coefficient (Wildman–Crippen LogP) is 4.49. The highest BCUT2D eigenvalue weighted by atomic mass is 15.4. The third kappa shape index (κ3) is 1.50. The van der Waals surface area contributed by atoms with Gasteiger partial charge in [0.2, 0.25) is 0 Å². The molecular weight excluding hydrogens is 268 g/mol. The molecule has 2 nitrogen and oxygen atoms in total. The molecule has 0 aromatic heterocycles. The van der Waals surface area contributed by atoms with Crippen molar-refractivity contribution in [2.75, 3.05) is 11.9 Å². The van der Waals surface area contributed by atoms with Crippen molar-refractivity contribution < 1.29 is 0 Å². The van der Waals surface area contributed by atoms with Crippen molar-refractivity contribution in [2.45, 2.75) is 19.5 Å². The first-order valence-corrected chi connectivity index (χ1v) is 7.86. The molecule has 2 heterocycles. The number of fused-ring (bicyclic) bond motifs is 5. The van der Waals surface area contributed by atoms with Crippen molar-refractivity contribution in [2.24, 2.45) is 0 Å². The second-order valence-electron chi connectivity index (χ2n) is 6.50. The molecule has 2 aliphatic rings. The summed E-state index contributed by atoms with van der Waals surface area (Å²) in [4.78, 5) is 4.81. The number of benzene rings is 3. The second kappa shape index (κ2) is 4.04. The summed E-state index contributed by atoms with van der Waals surface area (Å²) in [7, 11) is 2.19. The lowest BCUT2D eigenvalue weighted by Gasteiger charge is -2.24. The quantitative estimate of drug-likeness (QED) is 0.562. The minimum absolute atomic E-state index is 0.459. The number of hydrogen-bond acceptors (Lipinski definition) is 2. The van der Waals surface area contributed by atoms with Crippen molar-refractivity contribution in [1.82, 2.24) is 4.90 Å². The molecule has 0 bridgehead atoms. The zero-order valence-corrected chi connectivity index (χ0v) is 12.9. The largest absolute Gasteiger partial charge is 0.356 e. The summed E-state index contributed by atoms with van der Waals surface area (Å²) >= 11 is 0. The first-order chi connectivity index (χ1) is 10.7. The van der Waals surface area contributed by atoms with E-state index in [1.165, 1.54) is 38.5 Å². The Bertz CT molecular complexity index is 954. The van der Waals surface area contributed by atoms with E-state index in [4.69, 9.17) is 0 Å². The Morgan fingerprint density at radius 1 is 0.909 bits per heavy atom. The maximum absolute atomic E-state index is 2.43. The topological polar surface area (TPSA) is 6.48 Å². The highest BCUT2D eigenvalue weighted by Crippen LogP contribution is 2.41. The van der Waals surface area contributed by atoms with E-state index in [1.54, 1.807) is 0 Å². The van der Waals surface area contributed by atoms with Gasteiger partial charge in [-0.2, -0.15) is 0 Å². The van der Waals surface area contributed by atoms with Crippen LogP contribution in [0.3, 0.4) is 0 Å². The van der Waals surface area contributed by atoms with E-state index in [1.807, 2.05) is 0 Å². The average Bonchev–Trinajstić information content (AvgIpc) is 3.00. The molecule has 0 saturated heterocycles. The summed E-state index contributed by atoms with van der Waals surface area (Å²) in [5.74, 6) is 0. The first-order valence-electron chi connectivity index (χ1n) is 7.86. The summed E-state index contributed by atoms with van der Waals surface area (Å²) in [6.45, 7) is 2.19. The molecule has 0 aliphatic carbocycles. The van der Waals surface area contributed by atoms with Gasteiger partial charge in [-0.25, -0.2) is 0 Å². The van der Waals surface area contributed by atoms with Gasteiger partial charge in [0.05, 0.1) is 0 Å². The number of likely N-dealkylation sites (N-methyl/N-ethyl adjacent to an activating group) is 1. The van der Waals surface area contributed by atoms with Crippen LogP contribution in [0.5, 0.6) is 0 Å². The molecule has 5 rings (SSSR count). The molecule has 22 heavy (non-hydrogen) atoms. The van der Waals surface area contributed by atoms with Crippen LogP contribution in [-0.4, -0.2) is 18.1 Å². The lowest BCUT2D eigenvalue weighted by Crippen LogP contribution is -2.34. The average molecular weight is 286 g/mol. The molecule has 108 valence electrons. The number of anilines is 1. The molecule has 0 fully saturated rings. The monoisotopic (exact) mass is 286 g/mol. The maximum Gasteiger partial charge on any atom is 0.109 e. The highest BCUT2D eigenvalue weighted by molar-refractivity contribution is 6.00. The Labute approximate surface area is 130 Å². The van der Waals surface area contributed by atoms with E-state index < -0.39 is 0 Å². The number of nitrogens with zero attached hydrogens (tertiary/aromatic N) is 2. The van der Waals surface area contributed by atoms with E-state index in [0.29, 0.717) is 6.17 Å². The maximum atomic E-state index is 2.43. The molecule has 1 unspecified atom stereocenters. The second-order valence-corrected chi connectivity index (χ2v) is 6.50. The Kier molecular flexibility index (Phi) is 2.22. The van der Waals surface area contributed by atoms with Crippen LogP contribution < -0.4 is 4.90 Å². The summed E-state index contributed by atoms with van der Waals surface area (Å²) in [6.07, 6.45) is 3.84. The van der Waals surface area contributed by atoms with Crippen molar-refractivity contribution in [3.05, 3.63) is 66.0 Å². The zero-order chi connectivity index (χ0) is 14.8. The smallest absolute Gasteiger partial charge is 0.109 e. The van der Waals surface area contributed by atoms with Gasteiger partial charge in [-0.1, -0.05) is 24.3 Å². The molecule has 0 amide bonds. The van der Waals surface area contributed by atoms with Crippen LogP contribution in [0.2, 0.25) is 0 Å². The summed E-state index contributed by atoms with van der Waals surface area (Å²) in [5.41, 5.74) is 4.18. The van der Waals surface area contributed by atoms with E-state index in [-0.39, 0.29) is 0 Å². The molecule has 0 spiro atoms. The van der Waals surface area contributed by atoms with Crippen LogP contribution in [0.25, 0.3) is 21.5 Å². The van der Waals surface area contributed by atoms with E-state index in [0.717, 1.165) is 6.42 Å². The zero-order valence-electron chi connectivity index (χ0n) is 12.9. The number of hydrogen-bond donors (Lipinski definition) is 0. The van der Waals surface area contributed by atoms with Crippen molar-refractivity contribution in [3.8, 4) is 0 Å². The highest BCUT2D eigenvalue weighted by Gasteiger charge is 2.35. The molecule has 2 aliphatic heterocycles. The molecule has 0 N–H and O–H groups in total. The van der Waals surface area contributed by atoms with E-state index >= 15 is 0 Å². The van der Waals surface area contributed by atoms with Crippen LogP contribution in [0.4, 0.5) is 5.69 Å². The van der Waals surface area contributed by atoms with Gasteiger partial charge in [0.1, 0.15) is 6.17 Å². The van der Waals surface area contributed by atoms with Gasteiger partial charge in [-0.3, -0.25) is 0 Å². The van der Waals surface area contributed by atoms with Crippen LogP contribution in [0.1, 0.15) is 12.5 Å². The van der Waals surface area contributed by atoms with Crippen LogP contribution in [-0.2, 0) is 6.42 Å². The Hall–Kier alpha value is -2.48.